The summed E-state index contributed by atoms with van der Waals surface area (Å²) >= 11 is 0. The van der Waals surface area contributed by atoms with Gasteiger partial charge in [-0.1, -0.05) is 24.3 Å². The first kappa shape index (κ1) is 22.7. The van der Waals surface area contributed by atoms with E-state index in [2.05, 4.69) is 32.7 Å². The Balaban J connectivity index is 1.49. The third-order valence-electron chi connectivity index (χ3n) is 6.76. The molecule has 1 aromatic heterocycles. The highest BCUT2D eigenvalue weighted by Crippen LogP contribution is 2.36. The lowest BCUT2D eigenvalue weighted by Gasteiger charge is -2.37. The van der Waals surface area contributed by atoms with Crippen molar-refractivity contribution in [3.8, 4) is 11.8 Å². The topological polar surface area (TPSA) is 68.2 Å². The van der Waals surface area contributed by atoms with Gasteiger partial charge in [-0.05, 0) is 39.0 Å². The van der Waals surface area contributed by atoms with Crippen LogP contribution in [0.1, 0.15) is 11.3 Å². The minimum absolute atomic E-state index is 0.285. The van der Waals surface area contributed by atoms with Gasteiger partial charge in [-0.25, -0.2) is 0 Å². The second-order valence-electron chi connectivity index (χ2n) is 9.55. The Morgan fingerprint density at radius 3 is 2.59 bits per heavy atom. The zero-order valence-electron chi connectivity index (χ0n) is 20.4. The lowest BCUT2D eigenvalue weighted by molar-refractivity contribution is 0.244. The Bertz CT molecular complexity index is 1160. The van der Waals surface area contributed by atoms with Crippen LogP contribution in [0, 0.1) is 0 Å². The summed E-state index contributed by atoms with van der Waals surface area (Å²) < 4.78 is 6.01. The van der Waals surface area contributed by atoms with Crippen molar-refractivity contribution in [2.45, 2.75) is 13.0 Å². The molecule has 34 heavy (non-hydrogen) atoms. The molecule has 0 atom stereocenters. The van der Waals surface area contributed by atoms with Gasteiger partial charge in [0.2, 0.25) is 0 Å². The molecule has 0 bridgehead atoms. The van der Waals surface area contributed by atoms with Gasteiger partial charge in [-0.3, -0.25) is 0 Å². The molecule has 5 rings (SSSR count). The molecular formula is C26H34N6O2. The van der Waals surface area contributed by atoms with Crippen LogP contribution >= 0.6 is 0 Å². The number of aromatic hydroxyl groups is 1. The number of nitrogens with zero attached hydrogens (tertiary/aromatic N) is 6. The molecular weight excluding hydrogens is 428 g/mol. The number of likely N-dealkylation sites (N-methyl/N-ethyl adjacent to an activating group) is 2. The maximum absolute atomic E-state index is 10.4. The van der Waals surface area contributed by atoms with E-state index < -0.39 is 0 Å². The van der Waals surface area contributed by atoms with Gasteiger partial charge in [-0.15, -0.1) is 0 Å². The molecule has 8 nitrogen and oxygen atoms in total. The first-order valence-corrected chi connectivity index (χ1v) is 12.1. The zero-order valence-corrected chi connectivity index (χ0v) is 20.4. The number of phenols is 1. The van der Waals surface area contributed by atoms with Gasteiger partial charge in [0, 0.05) is 62.0 Å². The second-order valence-corrected chi connectivity index (χ2v) is 9.55. The van der Waals surface area contributed by atoms with Crippen molar-refractivity contribution < 1.29 is 9.84 Å². The molecule has 0 saturated carbocycles. The van der Waals surface area contributed by atoms with Gasteiger partial charge in [-0.2, -0.15) is 9.97 Å². The fourth-order valence-electron chi connectivity index (χ4n) is 4.79. The zero-order chi connectivity index (χ0) is 23.7. The predicted molar refractivity (Wildman–Crippen MR) is 136 cm³/mol. The molecule has 8 heteroatoms. The lowest BCUT2D eigenvalue weighted by Crippen LogP contribution is -2.46. The third kappa shape index (κ3) is 4.74. The number of fused-ring (bicyclic) bond motifs is 2. The number of phenolic OH excluding ortho intramolecular Hbond substituents is 1. The molecule has 3 heterocycles. The molecule has 0 aliphatic carbocycles. The fraction of sp³-hybridized carbons (Fsp3) is 0.462. The van der Waals surface area contributed by atoms with E-state index in [1.54, 1.807) is 0 Å². The molecule has 2 aliphatic heterocycles. The maximum atomic E-state index is 10.4. The molecule has 0 radical (unpaired) electrons. The van der Waals surface area contributed by atoms with Crippen molar-refractivity contribution in [1.82, 2.24) is 19.8 Å². The van der Waals surface area contributed by atoms with Crippen molar-refractivity contribution in [1.29, 1.82) is 0 Å². The van der Waals surface area contributed by atoms with Gasteiger partial charge in [0.15, 0.2) is 0 Å². The van der Waals surface area contributed by atoms with Crippen LogP contribution in [0.4, 0.5) is 11.5 Å². The normalized spacial score (nSPS) is 16.8. The maximum Gasteiger partial charge on any atom is 0.318 e. The van der Waals surface area contributed by atoms with Crippen LogP contribution in [-0.4, -0.2) is 91.9 Å². The standard InChI is InChI=1S/C26H34N6O2/c1-29(2)14-15-34-26-27-23-18-32(24-17-20(33)16-19-6-4-5-7-21(19)24)9-8-22(23)25(28-26)31-12-10-30(3)11-13-31/h4-7,16-17,33H,8-15,18H2,1-3H3. The largest absolute Gasteiger partial charge is 0.508 e. The summed E-state index contributed by atoms with van der Waals surface area (Å²) in [5.41, 5.74) is 3.28. The second kappa shape index (κ2) is 9.64. The average molecular weight is 463 g/mol. The molecule has 3 aromatic rings. The Labute approximate surface area is 201 Å². The van der Waals surface area contributed by atoms with E-state index in [0.29, 0.717) is 19.2 Å². The monoisotopic (exact) mass is 462 g/mol. The lowest BCUT2D eigenvalue weighted by atomic mass is 10.0. The van der Waals surface area contributed by atoms with Crippen LogP contribution in [0.15, 0.2) is 36.4 Å². The van der Waals surface area contributed by atoms with Crippen LogP contribution < -0.4 is 14.5 Å². The number of rotatable bonds is 6. The smallest absolute Gasteiger partial charge is 0.318 e. The first-order chi connectivity index (χ1) is 16.5. The minimum atomic E-state index is 0.285. The summed E-state index contributed by atoms with van der Waals surface area (Å²) in [6.07, 6.45) is 0.860. The summed E-state index contributed by atoms with van der Waals surface area (Å²) in [7, 11) is 6.23. The van der Waals surface area contributed by atoms with Crippen LogP contribution in [0.5, 0.6) is 11.8 Å². The number of aromatic nitrogens is 2. The summed E-state index contributed by atoms with van der Waals surface area (Å²) in [5, 5.41) is 12.5. The van der Waals surface area contributed by atoms with E-state index in [1.165, 1.54) is 5.56 Å². The number of ether oxygens (including phenoxy) is 1. The third-order valence-corrected chi connectivity index (χ3v) is 6.76. The molecule has 2 aromatic carbocycles. The van der Waals surface area contributed by atoms with Crippen LogP contribution in [0.2, 0.25) is 0 Å². The molecule has 0 amide bonds. The quantitative estimate of drug-likeness (QED) is 0.600. The van der Waals surface area contributed by atoms with Crippen molar-refractivity contribution in [2.24, 2.45) is 0 Å². The van der Waals surface area contributed by atoms with E-state index in [1.807, 2.05) is 44.4 Å². The molecule has 2 aliphatic rings. The molecule has 0 unspecified atom stereocenters. The van der Waals surface area contributed by atoms with Crippen molar-refractivity contribution in [3.63, 3.8) is 0 Å². The molecule has 1 saturated heterocycles. The minimum Gasteiger partial charge on any atom is -0.508 e. The van der Waals surface area contributed by atoms with Gasteiger partial charge < -0.3 is 29.4 Å². The van der Waals surface area contributed by atoms with Gasteiger partial charge in [0.05, 0.1) is 12.2 Å². The summed E-state index contributed by atoms with van der Waals surface area (Å²) in [4.78, 5) is 18.9. The Kier molecular flexibility index (Phi) is 6.43. The van der Waals surface area contributed by atoms with E-state index >= 15 is 0 Å². The Hall–Kier alpha value is -3.10. The van der Waals surface area contributed by atoms with Gasteiger partial charge >= 0.3 is 6.01 Å². The molecule has 1 N–H and O–H groups in total. The van der Waals surface area contributed by atoms with E-state index in [-0.39, 0.29) is 5.75 Å². The van der Waals surface area contributed by atoms with Crippen molar-refractivity contribution >= 4 is 22.3 Å². The van der Waals surface area contributed by atoms with Crippen LogP contribution in [-0.2, 0) is 13.0 Å². The number of benzene rings is 2. The van der Waals surface area contributed by atoms with Crippen molar-refractivity contribution in [3.05, 3.63) is 47.7 Å². The summed E-state index contributed by atoms with van der Waals surface area (Å²) in [6.45, 7) is 6.84. The highest BCUT2D eigenvalue weighted by atomic mass is 16.5. The first-order valence-electron chi connectivity index (χ1n) is 12.1. The number of piperazine rings is 1. The van der Waals surface area contributed by atoms with Gasteiger partial charge in [0.1, 0.15) is 18.2 Å². The van der Waals surface area contributed by atoms with E-state index in [4.69, 9.17) is 14.7 Å². The van der Waals surface area contributed by atoms with E-state index in [0.717, 1.165) is 73.7 Å². The average Bonchev–Trinajstić information content (AvgIpc) is 2.83. The fourth-order valence-corrected chi connectivity index (χ4v) is 4.79. The summed E-state index contributed by atoms with van der Waals surface area (Å²) in [6, 6.07) is 12.4. The molecule has 1 fully saturated rings. The SMILES string of the molecule is CN(C)CCOc1nc2c(c(N3CCN(C)CC3)n1)CCN(c1cc(O)cc3ccccc13)C2. The van der Waals surface area contributed by atoms with E-state index in [9.17, 15) is 5.11 Å². The number of anilines is 2. The Morgan fingerprint density at radius 1 is 1.00 bits per heavy atom. The number of hydrogen-bond acceptors (Lipinski definition) is 8. The predicted octanol–water partition coefficient (Wildman–Crippen LogP) is 2.59. The highest BCUT2D eigenvalue weighted by Gasteiger charge is 2.28. The Morgan fingerprint density at radius 2 is 1.79 bits per heavy atom. The number of hydrogen-bond donors (Lipinski definition) is 1. The van der Waals surface area contributed by atoms with Crippen molar-refractivity contribution in [2.75, 3.05) is 76.8 Å². The van der Waals surface area contributed by atoms with Crippen LogP contribution in [0.25, 0.3) is 10.8 Å². The van der Waals surface area contributed by atoms with Gasteiger partial charge in [0.25, 0.3) is 0 Å². The highest BCUT2D eigenvalue weighted by molar-refractivity contribution is 5.95. The molecule has 180 valence electrons. The summed E-state index contributed by atoms with van der Waals surface area (Å²) in [5.74, 6) is 1.31. The molecule has 0 spiro atoms. The van der Waals surface area contributed by atoms with Crippen LogP contribution in [0.3, 0.4) is 0 Å².